The third-order valence-corrected chi connectivity index (χ3v) is 2.55. The van der Waals surface area contributed by atoms with Crippen molar-refractivity contribution in [2.75, 3.05) is 29.6 Å². The average molecular weight is 226 g/mol. The molecule has 0 aliphatic heterocycles. The van der Waals surface area contributed by atoms with Gasteiger partial charge in [-0.15, -0.1) is 0 Å². The predicted molar refractivity (Wildman–Crippen MR) is 64.7 cm³/mol. The molecule has 1 aromatic rings. The van der Waals surface area contributed by atoms with Crippen LogP contribution in [0.25, 0.3) is 0 Å². The molecule has 0 saturated heterocycles. The number of thioether (sulfide) groups is 1. The molecule has 0 bridgehead atoms. The summed E-state index contributed by atoms with van der Waals surface area (Å²) >= 11 is 1.69. The van der Waals surface area contributed by atoms with E-state index in [1.165, 1.54) is 0 Å². The summed E-state index contributed by atoms with van der Waals surface area (Å²) in [7, 11) is 0. The van der Waals surface area contributed by atoms with Crippen molar-refractivity contribution in [3.63, 3.8) is 0 Å². The molecule has 0 spiro atoms. The summed E-state index contributed by atoms with van der Waals surface area (Å²) in [6.07, 6.45) is 1.99. The number of para-hydroxylation sites is 1. The van der Waals surface area contributed by atoms with E-state index in [4.69, 9.17) is 10.8 Å². The fraction of sp³-hybridized carbons (Fsp3) is 0.300. The molecule has 0 saturated carbocycles. The van der Waals surface area contributed by atoms with Crippen molar-refractivity contribution in [2.45, 2.75) is 0 Å². The quantitative estimate of drug-likeness (QED) is 0.526. The van der Waals surface area contributed by atoms with Gasteiger partial charge < -0.3 is 16.2 Å². The zero-order chi connectivity index (χ0) is 11.3. The summed E-state index contributed by atoms with van der Waals surface area (Å²) in [5.74, 6) is -0.0538. The van der Waals surface area contributed by atoms with Crippen molar-refractivity contribution in [3.05, 3.63) is 23.8 Å². The van der Waals surface area contributed by atoms with Gasteiger partial charge in [-0.25, -0.2) is 4.79 Å². The van der Waals surface area contributed by atoms with Gasteiger partial charge in [0.15, 0.2) is 0 Å². The molecule has 0 aromatic heterocycles. The fourth-order valence-corrected chi connectivity index (χ4v) is 1.53. The van der Waals surface area contributed by atoms with Crippen LogP contribution in [-0.2, 0) is 0 Å². The van der Waals surface area contributed by atoms with E-state index < -0.39 is 5.97 Å². The van der Waals surface area contributed by atoms with Crippen LogP contribution >= 0.6 is 11.8 Å². The van der Waals surface area contributed by atoms with E-state index in [2.05, 4.69) is 5.32 Å². The lowest BCUT2D eigenvalue weighted by atomic mass is 10.1. The number of nitrogen functional groups attached to an aromatic ring is 1. The Bertz CT molecular complexity index is 355. The normalized spacial score (nSPS) is 9.93. The molecule has 0 radical (unpaired) electrons. The van der Waals surface area contributed by atoms with Crippen LogP contribution in [0.1, 0.15) is 10.4 Å². The Kier molecular flexibility index (Phi) is 4.30. The topological polar surface area (TPSA) is 75.3 Å². The number of nitrogens with one attached hydrogen (secondary N) is 1. The van der Waals surface area contributed by atoms with Crippen LogP contribution in [0.15, 0.2) is 18.2 Å². The second-order valence-electron chi connectivity index (χ2n) is 2.99. The molecule has 0 aliphatic rings. The summed E-state index contributed by atoms with van der Waals surface area (Å²) in [6.45, 7) is 0.704. The van der Waals surface area contributed by atoms with Gasteiger partial charge in [0.2, 0.25) is 0 Å². The number of hydrogen-bond donors (Lipinski definition) is 3. The van der Waals surface area contributed by atoms with Crippen molar-refractivity contribution < 1.29 is 9.90 Å². The first-order valence-electron chi connectivity index (χ1n) is 4.51. The maximum absolute atomic E-state index is 10.9. The SMILES string of the molecule is CSCCNc1c(N)cccc1C(=O)O. The van der Waals surface area contributed by atoms with Gasteiger partial charge in [-0.3, -0.25) is 0 Å². The number of aromatic carboxylic acids is 1. The molecule has 0 atom stereocenters. The minimum atomic E-state index is -0.964. The molecule has 0 amide bonds. The van der Waals surface area contributed by atoms with Crippen LogP contribution in [0, 0.1) is 0 Å². The monoisotopic (exact) mass is 226 g/mol. The van der Waals surface area contributed by atoms with Crippen molar-refractivity contribution in [2.24, 2.45) is 0 Å². The molecule has 82 valence electrons. The first-order chi connectivity index (χ1) is 7.16. The number of carbonyl (C=O) groups is 1. The second-order valence-corrected chi connectivity index (χ2v) is 3.98. The number of hydrogen-bond acceptors (Lipinski definition) is 4. The molecule has 4 N–H and O–H groups in total. The smallest absolute Gasteiger partial charge is 0.337 e. The van der Waals surface area contributed by atoms with Gasteiger partial charge >= 0.3 is 5.97 Å². The highest BCUT2D eigenvalue weighted by molar-refractivity contribution is 7.98. The van der Waals surface area contributed by atoms with Gasteiger partial charge in [0.25, 0.3) is 0 Å². The molecular weight excluding hydrogens is 212 g/mol. The van der Waals surface area contributed by atoms with Crippen LogP contribution in [0.3, 0.4) is 0 Å². The largest absolute Gasteiger partial charge is 0.478 e. The lowest BCUT2D eigenvalue weighted by Gasteiger charge is -2.11. The molecule has 0 aliphatic carbocycles. The Balaban J connectivity index is 2.87. The highest BCUT2D eigenvalue weighted by Gasteiger charge is 2.11. The molecule has 5 heteroatoms. The Morgan fingerprint density at radius 3 is 2.93 bits per heavy atom. The lowest BCUT2D eigenvalue weighted by Crippen LogP contribution is -2.11. The van der Waals surface area contributed by atoms with E-state index in [0.717, 1.165) is 5.75 Å². The second kappa shape index (κ2) is 5.50. The Labute approximate surface area is 92.9 Å². The molecule has 0 fully saturated rings. The summed E-state index contributed by atoms with van der Waals surface area (Å²) in [6, 6.07) is 4.87. The van der Waals surface area contributed by atoms with Crippen molar-refractivity contribution >= 4 is 29.1 Å². The molecule has 1 rings (SSSR count). The number of rotatable bonds is 5. The lowest BCUT2D eigenvalue weighted by molar-refractivity contribution is 0.0698. The number of anilines is 2. The maximum atomic E-state index is 10.9. The Morgan fingerprint density at radius 1 is 1.60 bits per heavy atom. The van der Waals surface area contributed by atoms with E-state index in [9.17, 15) is 4.79 Å². The fourth-order valence-electron chi connectivity index (χ4n) is 1.22. The highest BCUT2D eigenvalue weighted by atomic mass is 32.2. The molecule has 15 heavy (non-hydrogen) atoms. The summed E-state index contributed by atoms with van der Waals surface area (Å²) in [5, 5.41) is 12.0. The zero-order valence-corrected chi connectivity index (χ0v) is 9.30. The van der Waals surface area contributed by atoms with Gasteiger partial charge in [-0.2, -0.15) is 11.8 Å². The van der Waals surface area contributed by atoms with Crippen molar-refractivity contribution in [1.82, 2.24) is 0 Å². The average Bonchev–Trinajstić information content (AvgIpc) is 2.20. The predicted octanol–water partition coefficient (Wildman–Crippen LogP) is 1.74. The summed E-state index contributed by atoms with van der Waals surface area (Å²) in [5.41, 5.74) is 6.91. The Hall–Kier alpha value is -1.36. The van der Waals surface area contributed by atoms with Gasteiger partial charge in [-0.05, 0) is 18.4 Å². The van der Waals surface area contributed by atoms with Crippen LogP contribution in [0.2, 0.25) is 0 Å². The van der Waals surface area contributed by atoms with E-state index >= 15 is 0 Å². The first-order valence-corrected chi connectivity index (χ1v) is 5.90. The van der Waals surface area contributed by atoms with E-state index in [0.29, 0.717) is 17.9 Å². The number of carboxylic acid groups (broad SMARTS) is 1. The summed E-state index contributed by atoms with van der Waals surface area (Å²) in [4.78, 5) is 10.9. The van der Waals surface area contributed by atoms with Crippen LogP contribution in [-0.4, -0.2) is 29.6 Å². The summed E-state index contributed by atoms with van der Waals surface area (Å²) < 4.78 is 0. The third-order valence-electron chi connectivity index (χ3n) is 1.94. The molecule has 0 heterocycles. The highest BCUT2D eigenvalue weighted by Crippen LogP contribution is 2.23. The third kappa shape index (κ3) is 3.06. The molecule has 4 nitrogen and oxygen atoms in total. The van der Waals surface area contributed by atoms with Crippen molar-refractivity contribution in [3.8, 4) is 0 Å². The van der Waals surface area contributed by atoms with Crippen LogP contribution in [0.5, 0.6) is 0 Å². The minimum Gasteiger partial charge on any atom is -0.478 e. The van der Waals surface area contributed by atoms with Gasteiger partial charge in [0.05, 0.1) is 16.9 Å². The molecule has 1 aromatic carbocycles. The van der Waals surface area contributed by atoms with Crippen molar-refractivity contribution in [1.29, 1.82) is 0 Å². The molecular formula is C10H14N2O2S. The zero-order valence-electron chi connectivity index (χ0n) is 8.49. The standard InChI is InChI=1S/C10H14N2O2S/c1-15-6-5-12-9-7(10(13)14)3-2-4-8(9)11/h2-4,12H,5-6,11H2,1H3,(H,13,14). The van der Waals surface area contributed by atoms with Crippen LogP contribution in [0.4, 0.5) is 11.4 Å². The minimum absolute atomic E-state index is 0.219. The number of nitrogens with two attached hydrogens (primary N) is 1. The van der Waals surface area contributed by atoms with E-state index in [1.54, 1.807) is 30.0 Å². The van der Waals surface area contributed by atoms with Crippen LogP contribution < -0.4 is 11.1 Å². The molecule has 0 unspecified atom stereocenters. The Morgan fingerprint density at radius 2 is 2.33 bits per heavy atom. The number of benzene rings is 1. The number of carboxylic acids is 1. The van der Waals surface area contributed by atoms with Gasteiger partial charge in [0.1, 0.15) is 0 Å². The van der Waals surface area contributed by atoms with E-state index in [1.807, 2.05) is 6.26 Å². The van der Waals surface area contributed by atoms with Gasteiger partial charge in [0, 0.05) is 12.3 Å². The van der Waals surface area contributed by atoms with Gasteiger partial charge in [-0.1, -0.05) is 6.07 Å². The van der Waals surface area contributed by atoms with E-state index in [-0.39, 0.29) is 5.56 Å². The first kappa shape index (κ1) is 11.7. The maximum Gasteiger partial charge on any atom is 0.337 e.